The molecular formula is C16H20N4. The Morgan fingerprint density at radius 3 is 2.45 bits per heavy atom. The summed E-state index contributed by atoms with van der Waals surface area (Å²) < 4.78 is 0. The highest BCUT2D eigenvalue weighted by molar-refractivity contribution is 5.31. The topological polar surface area (TPSA) is 32.3 Å². The molecule has 0 bridgehead atoms. The zero-order valence-corrected chi connectivity index (χ0v) is 11.9. The summed E-state index contributed by atoms with van der Waals surface area (Å²) in [6.45, 7) is 7.16. The van der Waals surface area contributed by atoms with Crippen LogP contribution in [0.5, 0.6) is 0 Å². The number of rotatable bonds is 3. The highest BCUT2D eigenvalue weighted by atomic mass is 15.3. The largest absolute Gasteiger partial charge is 0.338 e. The van der Waals surface area contributed by atoms with Crippen LogP contribution in [0.4, 0.5) is 5.95 Å². The molecule has 1 aliphatic rings. The Morgan fingerprint density at radius 2 is 1.75 bits per heavy atom. The Hall–Kier alpha value is -1.94. The van der Waals surface area contributed by atoms with E-state index in [0.29, 0.717) is 0 Å². The minimum atomic E-state index is 0.865. The summed E-state index contributed by atoms with van der Waals surface area (Å²) in [5.41, 5.74) is 2.41. The van der Waals surface area contributed by atoms with Gasteiger partial charge in [-0.2, -0.15) is 0 Å². The van der Waals surface area contributed by atoms with Gasteiger partial charge in [-0.3, -0.25) is 4.90 Å². The molecule has 0 aliphatic carbocycles. The molecule has 4 heteroatoms. The maximum atomic E-state index is 4.50. The van der Waals surface area contributed by atoms with Crippen molar-refractivity contribution < 1.29 is 0 Å². The van der Waals surface area contributed by atoms with Gasteiger partial charge in [0.15, 0.2) is 0 Å². The third-order valence-electron chi connectivity index (χ3n) is 3.69. The van der Waals surface area contributed by atoms with Crippen LogP contribution < -0.4 is 4.90 Å². The summed E-state index contributed by atoms with van der Waals surface area (Å²) in [7, 11) is 0. The first kappa shape index (κ1) is 13.1. The lowest BCUT2D eigenvalue weighted by atomic mass is 10.2. The monoisotopic (exact) mass is 268 g/mol. The van der Waals surface area contributed by atoms with E-state index in [0.717, 1.165) is 44.4 Å². The van der Waals surface area contributed by atoms with Crippen molar-refractivity contribution in [1.82, 2.24) is 14.9 Å². The maximum absolute atomic E-state index is 4.50. The second-order valence-electron chi connectivity index (χ2n) is 5.25. The van der Waals surface area contributed by atoms with Crippen LogP contribution in [-0.4, -0.2) is 41.0 Å². The molecule has 2 heterocycles. The number of aromatic nitrogens is 2. The number of nitrogens with zero attached hydrogens (tertiary/aromatic N) is 4. The number of piperazine rings is 1. The van der Waals surface area contributed by atoms with Crippen LogP contribution in [0.1, 0.15) is 11.3 Å². The molecule has 0 unspecified atom stereocenters. The van der Waals surface area contributed by atoms with Crippen molar-refractivity contribution >= 4 is 5.95 Å². The number of hydrogen-bond donors (Lipinski definition) is 0. The third-order valence-corrected chi connectivity index (χ3v) is 3.69. The molecule has 0 amide bonds. The molecule has 1 saturated heterocycles. The molecule has 1 aromatic carbocycles. The van der Waals surface area contributed by atoms with Gasteiger partial charge in [-0.25, -0.2) is 9.97 Å². The lowest BCUT2D eigenvalue weighted by Gasteiger charge is -2.34. The van der Waals surface area contributed by atoms with Crippen LogP contribution in [0.2, 0.25) is 0 Å². The quantitative estimate of drug-likeness (QED) is 0.853. The minimum Gasteiger partial charge on any atom is -0.338 e. The van der Waals surface area contributed by atoms with Crippen molar-refractivity contribution in [2.24, 2.45) is 0 Å². The van der Waals surface area contributed by atoms with E-state index < -0.39 is 0 Å². The summed E-state index contributed by atoms with van der Waals surface area (Å²) in [5.74, 6) is 0.865. The number of benzene rings is 1. The molecule has 0 N–H and O–H groups in total. The van der Waals surface area contributed by atoms with Crippen LogP contribution in [0.25, 0.3) is 0 Å². The molecule has 3 rings (SSSR count). The predicted molar refractivity (Wildman–Crippen MR) is 80.7 cm³/mol. The van der Waals surface area contributed by atoms with Gasteiger partial charge in [-0.05, 0) is 18.6 Å². The summed E-state index contributed by atoms with van der Waals surface area (Å²) in [6.07, 6.45) is 1.84. The standard InChI is InChI=1S/C16H20N4/c1-14-7-8-17-16(18-14)20-11-9-19(10-12-20)13-15-5-3-2-4-6-15/h2-8H,9-13H2,1H3. The molecule has 20 heavy (non-hydrogen) atoms. The van der Waals surface area contributed by atoms with E-state index in [1.54, 1.807) is 0 Å². The van der Waals surface area contributed by atoms with Crippen LogP contribution in [0, 0.1) is 6.92 Å². The molecule has 1 aromatic heterocycles. The van der Waals surface area contributed by atoms with Crippen molar-refractivity contribution in [3.8, 4) is 0 Å². The summed E-state index contributed by atoms with van der Waals surface area (Å²) >= 11 is 0. The smallest absolute Gasteiger partial charge is 0.225 e. The van der Waals surface area contributed by atoms with E-state index in [1.807, 2.05) is 19.2 Å². The van der Waals surface area contributed by atoms with E-state index in [1.165, 1.54) is 5.56 Å². The van der Waals surface area contributed by atoms with E-state index in [2.05, 4.69) is 50.1 Å². The van der Waals surface area contributed by atoms with Gasteiger partial charge in [0.1, 0.15) is 0 Å². The van der Waals surface area contributed by atoms with Crippen LogP contribution >= 0.6 is 0 Å². The van der Waals surface area contributed by atoms with Gasteiger partial charge in [0.05, 0.1) is 0 Å². The van der Waals surface area contributed by atoms with E-state index in [-0.39, 0.29) is 0 Å². The number of hydrogen-bond acceptors (Lipinski definition) is 4. The van der Waals surface area contributed by atoms with Gasteiger partial charge < -0.3 is 4.90 Å². The molecule has 0 radical (unpaired) electrons. The first-order valence-electron chi connectivity index (χ1n) is 7.12. The highest BCUT2D eigenvalue weighted by Crippen LogP contribution is 2.13. The van der Waals surface area contributed by atoms with E-state index >= 15 is 0 Å². The second-order valence-corrected chi connectivity index (χ2v) is 5.25. The normalized spacial score (nSPS) is 16.4. The molecule has 0 atom stereocenters. The Kier molecular flexibility index (Phi) is 3.92. The van der Waals surface area contributed by atoms with E-state index in [4.69, 9.17) is 0 Å². The van der Waals surface area contributed by atoms with Gasteiger partial charge in [-0.15, -0.1) is 0 Å². The molecule has 1 aliphatic heterocycles. The molecular weight excluding hydrogens is 248 g/mol. The SMILES string of the molecule is Cc1ccnc(N2CCN(Cc3ccccc3)CC2)n1. The van der Waals surface area contributed by atoms with Crippen LogP contribution in [-0.2, 0) is 6.54 Å². The third kappa shape index (κ3) is 3.14. The Morgan fingerprint density at radius 1 is 1.00 bits per heavy atom. The van der Waals surface area contributed by atoms with Crippen LogP contribution in [0.3, 0.4) is 0 Å². The Balaban J connectivity index is 1.57. The van der Waals surface area contributed by atoms with Gasteiger partial charge in [0.2, 0.25) is 5.95 Å². The molecule has 4 nitrogen and oxygen atoms in total. The molecule has 104 valence electrons. The molecule has 0 spiro atoms. The number of aryl methyl sites for hydroxylation is 1. The summed E-state index contributed by atoms with van der Waals surface area (Å²) in [5, 5.41) is 0. The average Bonchev–Trinajstić information content (AvgIpc) is 2.49. The summed E-state index contributed by atoms with van der Waals surface area (Å²) in [4.78, 5) is 13.6. The molecule has 2 aromatic rings. The van der Waals surface area contributed by atoms with Gasteiger partial charge >= 0.3 is 0 Å². The van der Waals surface area contributed by atoms with Gasteiger partial charge in [0, 0.05) is 44.6 Å². The van der Waals surface area contributed by atoms with Gasteiger partial charge in [0.25, 0.3) is 0 Å². The lowest BCUT2D eigenvalue weighted by Crippen LogP contribution is -2.46. The zero-order valence-electron chi connectivity index (χ0n) is 11.9. The fraction of sp³-hybridized carbons (Fsp3) is 0.375. The first-order chi connectivity index (χ1) is 9.81. The second kappa shape index (κ2) is 6.01. The lowest BCUT2D eigenvalue weighted by molar-refractivity contribution is 0.248. The molecule has 1 fully saturated rings. The van der Waals surface area contributed by atoms with Crippen molar-refractivity contribution in [2.75, 3.05) is 31.1 Å². The predicted octanol–water partition coefficient (Wildman–Crippen LogP) is 2.11. The fourth-order valence-corrected chi connectivity index (χ4v) is 2.54. The zero-order chi connectivity index (χ0) is 13.8. The van der Waals surface area contributed by atoms with Crippen molar-refractivity contribution in [1.29, 1.82) is 0 Å². The first-order valence-corrected chi connectivity index (χ1v) is 7.12. The highest BCUT2D eigenvalue weighted by Gasteiger charge is 2.18. The summed E-state index contributed by atoms with van der Waals surface area (Å²) in [6, 6.07) is 12.6. The van der Waals surface area contributed by atoms with Crippen molar-refractivity contribution in [2.45, 2.75) is 13.5 Å². The number of anilines is 1. The molecule has 0 saturated carbocycles. The van der Waals surface area contributed by atoms with Crippen molar-refractivity contribution in [3.05, 3.63) is 53.9 Å². The Labute approximate surface area is 120 Å². The van der Waals surface area contributed by atoms with Crippen molar-refractivity contribution in [3.63, 3.8) is 0 Å². The fourth-order valence-electron chi connectivity index (χ4n) is 2.54. The minimum absolute atomic E-state index is 0.865. The Bertz CT molecular complexity index is 547. The van der Waals surface area contributed by atoms with Gasteiger partial charge in [-0.1, -0.05) is 30.3 Å². The van der Waals surface area contributed by atoms with E-state index in [9.17, 15) is 0 Å². The maximum Gasteiger partial charge on any atom is 0.225 e. The van der Waals surface area contributed by atoms with Crippen LogP contribution in [0.15, 0.2) is 42.6 Å². The average molecular weight is 268 g/mol.